The van der Waals surface area contributed by atoms with Gasteiger partial charge in [0, 0.05) is 10.4 Å². The van der Waals surface area contributed by atoms with Crippen LogP contribution < -0.4 is 10.5 Å². The van der Waals surface area contributed by atoms with Crippen molar-refractivity contribution in [3.63, 3.8) is 0 Å². The van der Waals surface area contributed by atoms with Crippen molar-refractivity contribution >= 4 is 11.3 Å². The molecule has 0 amide bonds. The maximum Gasteiger partial charge on any atom is 0.573 e. The molecular formula is C12H10F3NOS. The summed E-state index contributed by atoms with van der Waals surface area (Å²) in [7, 11) is 0. The van der Waals surface area contributed by atoms with Crippen LogP contribution >= 0.6 is 11.3 Å². The fourth-order valence-corrected chi connectivity index (χ4v) is 2.32. The average molecular weight is 273 g/mol. The van der Waals surface area contributed by atoms with Crippen LogP contribution in [0.5, 0.6) is 5.75 Å². The molecule has 18 heavy (non-hydrogen) atoms. The summed E-state index contributed by atoms with van der Waals surface area (Å²) < 4.78 is 40.8. The largest absolute Gasteiger partial charge is 0.573 e. The third-order valence-electron chi connectivity index (χ3n) is 2.33. The molecule has 1 atom stereocenters. The molecule has 2 nitrogen and oxygen atoms in total. The Morgan fingerprint density at radius 3 is 2.44 bits per heavy atom. The molecule has 1 aromatic carbocycles. The van der Waals surface area contributed by atoms with Crippen molar-refractivity contribution < 1.29 is 17.9 Å². The second-order valence-corrected chi connectivity index (χ2v) is 4.56. The number of nitrogens with two attached hydrogens (primary N) is 1. The standard InChI is InChI=1S/C12H10F3NOS/c13-12(14,15)17-9-5-2-1-4-8(9)11(16)10-6-3-7-18-10/h1-7,11H,16H2/t11-/m1/s1. The number of hydrogen-bond acceptors (Lipinski definition) is 3. The van der Waals surface area contributed by atoms with E-state index in [1.807, 2.05) is 5.38 Å². The van der Waals surface area contributed by atoms with E-state index in [1.165, 1.54) is 29.5 Å². The minimum atomic E-state index is -4.72. The van der Waals surface area contributed by atoms with Gasteiger partial charge in [-0.1, -0.05) is 24.3 Å². The molecule has 2 N–H and O–H groups in total. The molecule has 0 unspecified atom stereocenters. The normalized spacial score (nSPS) is 13.3. The van der Waals surface area contributed by atoms with Gasteiger partial charge in [0.2, 0.25) is 0 Å². The Hall–Kier alpha value is -1.53. The highest BCUT2D eigenvalue weighted by Gasteiger charge is 2.32. The summed E-state index contributed by atoms with van der Waals surface area (Å²) in [5, 5.41) is 1.82. The predicted molar refractivity (Wildman–Crippen MR) is 63.5 cm³/mol. The molecule has 0 saturated heterocycles. The van der Waals surface area contributed by atoms with Gasteiger partial charge >= 0.3 is 6.36 Å². The average Bonchev–Trinajstić information content (AvgIpc) is 2.80. The van der Waals surface area contributed by atoms with Gasteiger partial charge in [-0.3, -0.25) is 0 Å². The van der Waals surface area contributed by atoms with Crippen molar-refractivity contribution in [1.29, 1.82) is 0 Å². The van der Waals surface area contributed by atoms with Crippen LogP contribution in [0.3, 0.4) is 0 Å². The van der Waals surface area contributed by atoms with Crippen LogP contribution in [-0.4, -0.2) is 6.36 Å². The highest BCUT2D eigenvalue weighted by atomic mass is 32.1. The Labute approximate surface area is 106 Å². The summed E-state index contributed by atoms with van der Waals surface area (Å²) in [5.74, 6) is -0.258. The minimum absolute atomic E-state index is 0.258. The number of hydrogen-bond donors (Lipinski definition) is 1. The van der Waals surface area contributed by atoms with Crippen LogP contribution in [0.15, 0.2) is 41.8 Å². The van der Waals surface area contributed by atoms with Crippen LogP contribution in [0.2, 0.25) is 0 Å². The van der Waals surface area contributed by atoms with Crippen LogP contribution in [0.4, 0.5) is 13.2 Å². The summed E-state index contributed by atoms with van der Waals surface area (Å²) in [4.78, 5) is 0.785. The van der Waals surface area contributed by atoms with Gasteiger partial charge in [-0.15, -0.1) is 24.5 Å². The van der Waals surface area contributed by atoms with Gasteiger partial charge in [0.05, 0.1) is 6.04 Å². The van der Waals surface area contributed by atoms with Crippen molar-refractivity contribution in [3.05, 3.63) is 52.2 Å². The molecule has 96 valence electrons. The topological polar surface area (TPSA) is 35.2 Å². The van der Waals surface area contributed by atoms with Crippen LogP contribution in [-0.2, 0) is 0 Å². The molecule has 1 aromatic heterocycles. The van der Waals surface area contributed by atoms with Crippen molar-refractivity contribution in [3.8, 4) is 5.75 Å². The van der Waals surface area contributed by atoms with E-state index in [-0.39, 0.29) is 5.75 Å². The number of alkyl halides is 3. The van der Waals surface area contributed by atoms with Gasteiger partial charge in [-0.2, -0.15) is 0 Å². The molecule has 0 saturated carbocycles. The van der Waals surface area contributed by atoms with Gasteiger partial charge < -0.3 is 10.5 Å². The molecule has 0 aliphatic rings. The first-order valence-corrected chi connectivity index (χ1v) is 5.99. The van der Waals surface area contributed by atoms with Crippen molar-refractivity contribution in [2.45, 2.75) is 12.4 Å². The summed E-state index contributed by atoms with van der Waals surface area (Å²) in [6.07, 6.45) is -4.72. The highest BCUT2D eigenvalue weighted by Crippen LogP contribution is 2.33. The first kappa shape index (κ1) is 12.9. The van der Waals surface area contributed by atoms with Crippen molar-refractivity contribution in [2.75, 3.05) is 0 Å². The van der Waals surface area contributed by atoms with E-state index < -0.39 is 12.4 Å². The first-order chi connectivity index (χ1) is 8.47. The van der Waals surface area contributed by atoms with E-state index >= 15 is 0 Å². The van der Waals surface area contributed by atoms with Gasteiger partial charge in [0.15, 0.2) is 0 Å². The lowest BCUT2D eigenvalue weighted by Gasteiger charge is -2.16. The van der Waals surface area contributed by atoms with Gasteiger partial charge in [-0.05, 0) is 17.5 Å². The van der Waals surface area contributed by atoms with Gasteiger partial charge in [-0.25, -0.2) is 0 Å². The Balaban J connectivity index is 2.33. The number of thiophene rings is 1. The Morgan fingerprint density at radius 2 is 1.83 bits per heavy atom. The highest BCUT2D eigenvalue weighted by molar-refractivity contribution is 7.10. The number of ether oxygens (including phenoxy) is 1. The van der Waals surface area contributed by atoms with Crippen molar-refractivity contribution in [1.82, 2.24) is 0 Å². The quantitative estimate of drug-likeness (QED) is 0.925. The lowest BCUT2D eigenvalue weighted by molar-refractivity contribution is -0.274. The fraction of sp³-hybridized carbons (Fsp3) is 0.167. The molecule has 6 heteroatoms. The molecular weight excluding hydrogens is 263 g/mol. The SMILES string of the molecule is N[C@@H](c1cccs1)c1ccccc1OC(F)(F)F. The lowest BCUT2D eigenvalue weighted by Crippen LogP contribution is -2.20. The number of benzene rings is 1. The van der Waals surface area contributed by atoms with E-state index in [2.05, 4.69) is 4.74 Å². The lowest BCUT2D eigenvalue weighted by atomic mass is 10.1. The van der Waals surface area contributed by atoms with E-state index in [9.17, 15) is 13.2 Å². The van der Waals surface area contributed by atoms with E-state index in [0.717, 1.165) is 4.88 Å². The summed E-state index contributed by atoms with van der Waals surface area (Å²) in [6.45, 7) is 0. The number of rotatable bonds is 3. The molecule has 0 aliphatic heterocycles. The fourth-order valence-electron chi connectivity index (χ4n) is 1.58. The van der Waals surface area contributed by atoms with Gasteiger partial charge in [0.25, 0.3) is 0 Å². The third-order valence-corrected chi connectivity index (χ3v) is 3.28. The molecule has 0 spiro atoms. The summed E-state index contributed by atoms with van der Waals surface area (Å²) >= 11 is 1.39. The van der Waals surface area contributed by atoms with Crippen LogP contribution in [0.1, 0.15) is 16.5 Å². The second kappa shape index (κ2) is 4.99. The van der Waals surface area contributed by atoms with E-state index in [0.29, 0.717) is 5.56 Å². The van der Waals surface area contributed by atoms with Crippen LogP contribution in [0, 0.1) is 0 Å². The zero-order valence-electron chi connectivity index (χ0n) is 9.15. The predicted octanol–water partition coefficient (Wildman–Crippen LogP) is 3.69. The second-order valence-electron chi connectivity index (χ2n) is 3.58. The monoisotopic (exact) mass is 273 g/mol. The molecule has 0 bridgehead atoms. The molecule has 2 rings (SSSR count). The maximum absolute atomic E-state index is 12.3. The van der Waals surface area contributed by atoms with Crippen LogP contribution in [0.25, 0.3) is 0 Å². The zero-order valence-corrected chi connectivity index (χ0v) is 9.96. The molecule has 0 aliphatic carbocycles. The molecule has 1 heterocycles. The number of halogens is 3. The smallest absolute Gasteiger partial charge is 0.405 e. The maximum atomic E-state index is 12.3. The Morgan fingerprint density at radius 1 is 1.11 bits per heavy atom. The third kappa shape index (κ3) is 3.02. The zero-order chi connectivity index (χ0) is 13.2. The summed E-state index contributed by atoms with van der Waals surface area (Å²) in [5.41, 5.74) is 6.26. The molecule has 0 fully saturated rings. The molecule has 0 radical (unpaired) electrons. The first-order valence-electron chi connectivity index (χ1n) is 5.11. The summed E-state index contributed by atoms with van der Waals surface area (Å²) in [6, 6.07) is 8.86. The number of para-hydroxylation sites is 1. The van der Waals surface area contributed by atoms with Crippen molar-refractivity contribution in [2.24, 2.45) is 5.73 Å². The Bertz CT molecular complexity index is 510. The van der Waals surface area contributed by atoms with E-state index in [1.54, 1.807) is 18.2 Å². The minimum Gasteiger partial charge on any atom is -0.405 e. The Kier molecular flexibility index (Phi) is 3.58. The molecule has 2 aromatic rings. The van der Waals surface area contributed by atoms with Gasteiger partial charge in [0.1, 0.15) is 5.75 Å². The van der Waals surface area contributed by atoms with E-state index in [4.69, 9.17) is 5.73 Å².